The normalized spacial score (nSPS) is 33.6. The van der Waals surface area contributed by atoms with E-state index in [4.69, 9.17) is 0 Å². The minimum absolute atomic E-state index is 0.000238. The number of hydrogen-bond donors (Lipinski definition) is 1. The van der Waals surface area contributed by atoms with E-state index >= 15 is 0 Å². The molecule has 0 spiro atoms. The van der Waals surface area contributed by atoms with Crippen LogP contribution in [0.3, 0.4) is 0 Å². The van der Waals surface area contributed by atoms with Crippen molar-refractivity contribution in [3.05, 3.63) is 39.9 Å². The van der Waals surface area contributed by atoms with Crippen LogP contribution >= 0.6 is 0 Å². The standard InChI is InChI=1S/C29H42N4O4/c1-5-9-23-24-16-20-17-31(4)26(23)29(20,19-12-14-22(15-13-19)33(36)37)32(28(35)18(2)3)25(24)27(34)30-21-10-7-6-8-11-21/h12-15,18,20-21,23-26H,5-11,16-17H2,1-4H3,(H,30,34)/t20-,23+,24+,25-,26-,29-/m0/s1. The van der Waals surface area contributed by atoms with Crippen LogP contribution < -0.4 is 5.32 Å². The Bertz CT molecular complexity index is 1040. The third-order valence-electron chi connectivity index (χ3n) is 9.77. The quantitative estimate of drug-likeness (QED) is 0.431. The molecular weight excluding hydrogens is 468 g/mol. The van der Waals surface area contributed by atoms with Crippen LogP contribution in [0, 0.1) is 33.8 Å². The van der Waals surface area contributed by atoms with Crippen LogP contribution in [0.25, 0.3) is 0 Å². The maximum atomic E-state index is 14.2. The molecule has 0 radical (unpaired) electrons. The first kappa shape index (κ1) is 26.1. The van der Waals surface area contributed by atoms with E-state index in [-0.39, 0.29) is 58.2 Å². The summed E-state index contributed by atoms with van der Waals surface area (Å²) in [6.07, 6.45) is 8.39. The number of benzene rings is 1. The third kappa shape index (κ3) is 4.06. The number of likely N-dealkylation sites (tertiary alicyclic amines) is 1. The molecule has 37 heavy (non-hydrogen) atoms. The molecule has 2 aliphatic carbocycles. The fraction of sp³-hybridized carbons (Fsp3) is 0.724. The Kier molecular flexibility index (Phi) is 7.07. The van der Waals surface area contributed by atoms with Crippen LogP contribution in [0.5, 0.6) is 0 Å². The Morgan fingerprint density at radius 3 is 2.43 bits per heavy atom. The van der Waals surface area contributed by atoms with Crippen LogP contribution in [0.15, 0.2) is 24.3 Å². The predicted octanol–water partition coefficient (Wildman–Crippen LogP) is 4.47. The molecule has 3 saturated heterocycles. The van der Waals surface area contributed by atoms with Crippen LogP contribution in [-0.4, -0.2) is 58.3 Å². The summed E-state index contributed by atoms with van der Waals surface area (Å²) in [4.78, 5) is 43.8. The smallest absolute Gasteiger partial charge is 0.269 e. The van der Waals surface area contributed by atoms with E-state index in [2.05, 4.69) is 24.2 Å². The van der Waals surface area contributed by atoms with Gasteiger partial charge in [-0.05, 0) is 62.3 Å². The first-order valence-corrected chi connectivity index (χ1v) is 14.3. The molecule has 6 rings (SSSR count). The molecule has 2 amide bonds. The zero-order chi connectivity index (χ0) is 26.5. The molecule has 5 fully saturated rings. The van der Waals surface area contributed by atoms with E-state index in [9.17, 15) is 19.7 Å². The number of nitrogens with zero attached hydrogens (tertiary/aromatic N) is 3. The first-order valence-electron chi connectivity index (χ1n) is 14.3. The van der Waals surface area contributed by atoms with Gasteiger partial charge in [0, 0.05) is 42.6 Å². The van der Waals surface area contributed by atoms with Gasteiger partial charge in [0.1, 0.15) is 6.04 Å². The van der Waals surface area contributed by atoms with Gasteiger partial charge in [-0.1, -0.05) is 46.5 Å². The second-order valence-corrected chi connectivity index (χ2v) is 12.2. The molecular formula is C29H42N4O4. The van der Waals surface area contributed by atoms with Crippen LogP contribution in [-0.2, 0) is 15.1 Å². The molecule has 1 N–H and O–H groups in total. The van der Waals surface area contributed by atoms with Gasteiger partial charge < -0.3 is 15.1 Å². The van der Waals surface area contributed by atoms with Crippen LogP contribution in [0.2, 0.25) is 0 Å². The molecule has 5 aliphatic rings. The average Bonchev–Trinajstić information content (AvgIpc) is 3.11. The van der Waals surface area contributed by atoms with E-state index in [1.165, 1.54) is 6.42 Å². The lowest BCUT2D eigenvalue weighted by Crippen LogP contribution is -2.77. The number of carbonyl (C=O) groups excluding carboxylic acids is 2. The lowest BCUT2D eigenvalue weighted by atomic mass is 9.53. The Morgan fingerprint density at radius 1 is 1.16 bits per heavy atom. The predicted molar refractivity (Wildman–Crippen MR) is 142 cm³/mol. The lowest BCUT2D eigenvalue weighted by molar-refractivity contribution is -0.384. The summed E-state index contributed by atoms with van der Waals surface area (Å²) in [7, 11) is 2.15. The van der Waals surface area contributed by atoms with Gasteiger partial charge in [0.25, 0.3) is 5.69 Å². The third-order valence-corrected chi connectivity index (χ3v) is 9.77. The molecule has 3 heterocycles. The van der Waals surface area contributed by atoms with Gasteiger partial charge in [0.05, 0.1) is 10.5 Å². The number of nitro groups is 1. The first-order chi connectivity index (χ1) is 17.7. The number of likely N-dealkylation sites (N-methyl/N-ethyl adjacent to an activating group) is 1. The number of nitro benzene ring substituents is 1. The molecule has 2 saturated carbocycles. The van der Waals surface area contributed by atoms with Crippen molar-refractivity contribution in [2.24, 2.45) is 23.7 Å². The highest BCUT2D eigenvalue weighted by Gasteiger charge is 2.72. The fourth-order valence-corrected chi connectivity index (χ4v) is 8.49. The minimum atomic E-state index is -0.672. The Morgan fingerprint density at radius 2 is 1.84 bits per heavy atom. The second-order valence-electron chi connectivity index (χ2n) is 12.2. The molecule has 4 bridgehead atoms. The van der Waals surface area contributed by atoms with E-state index in [0.717, 1.165) is 57.1 Å². The van der Waals surface area contributed by atoms with Gasteiger partial charge in [-0.2, -0.15) is 0 Å². The maximum Gasteiger partial charge on any atom is 0.269 e. The molecule has 0 unspecified atom stereocenters. The Labute approximate surface area is 220 Å². The van der Waals surface area contributed by atoms with Crippen molar-refractivity contribution in [1.29, 1.82) is 0 Å². The van der Waals surface area contributed by atoms with Gasteiger partial charge in [0.15, 0.2) is 0 Å². The lowest BCUT2D eigenvalue weighted by Gasteiger charge is -2.65. The van der Waals surface area contributed by atoms with Crippen molar-refractivity contribution in [3.63, 3.8) is 0 Å². The molecule has 6 atom stereocenters. The maximum absolute atomic E-state index is 14.2. The highest BCUT2D eigenvalue weighted by Crippen LogP contribution is 2.63. The van der Waals surface area contributed by atoms with Crippen molar-refractivity contribution in [1.82, 2.24) is 15.1 Å². The minimum Gasteiger partial charge on any atom is -0.352 e. The Hall–Kier alpha value is -2.48. The molecule has 3 aliphatic heterocycles. The number of hydrogen-bond acceptors (Lipinski definition) is 5. The van der Waals surface area contributed by atoms with Gasteiger partial charge in [-0.15, -0.1) is 0 Å². The molecule has 8 heteroatoms. The highest BCUT2D eigenvalue weighted by molar-refractivity contribution is 5.90. The Balaban J connectivity index is 1.66. The molecule has 8 nitrogen and oxygen atoms in total. The zero-order valence-corrected chi connectivity index (χ0v) is 22.7. The van der Waals surface area contributed by atoms with Crippen molar-refractivity contribution < 1.29 is 14.5 Å². The summed E-state index contributed by atoms with van der Waals surface area (Å²) in [5.41, 5.74) is 0.305. The summed E-state index contributed by atoms with van der Waals surface area (Å²) >= 11 is 0. The number of carbonyl (C=O) groups is 2. The molecule has 1 aromatic carbocycles. The van der Waals surface area contributed by atoms with E-state index < -0.39 is 11.6 Å². The summed E-state index contributed by atoms with van der Waals surface area (Å²) in [5.74, 6) is 0.331. The topological polar surface area (TPSA) is 95.8 Å². The van der Waals surface area contributed by atoms with Crippen molar-refractivity contribution in [3.8, 4) is 0 Å². The molecule has 0 aromatic heterocycles. The number of amides is 2. The number of piperidine rings is 2. The number of rotatable bonds is 7. The van der Waals surface area contributed by atoms with Gasteiger partial charge in [-0.3, -0.25) is 19.7 Å². The average molecular weight is 511 g/mol. The molecule has 202 valence electrons. The van der Waals surface area contributed by atoms with E-state index in [1.807, 2.05) is 30.9 Å². The SMILES string of the molecule is CCC[C@@H]1[C@H]2C[C@H]3CN(C)[C@@H]1[C@@]3(c1ccc([N+](=O)[O-])cc1)N(C(=O)C(C)C)[C@@H]2C(=O)NC1CCCCC1. The van der Waals surface area contributed by atoms with E-state index in [1.54, 1.807) is 12.1 Å². The molecule has 1 aromatic rings. The van der Waals surface area contributed by atoms with Gasteiger partial charge in [-0.25, -0.2) is 0 Å². The number of fused-ring (bicyclic) bond motifs is 1. The summed E-state index contributed by atoms with van der Waals surface area (Å²) < 4.78 is 0. The van der Waals surface area contributed by atoms with Crippen molar-refractivity contribution in [2.45, 2.75) is 95.8 Å². The van der Waals surface area contributed by atoms with Crippen LogP contribution in [0.1, 0.15) is 77.7 Å². The monoisotopic (exact) mass is 510 g/mol. The van der Waals surface area contributed by atoms with Crippen LogP contribution in [0.4, 0.5) is 5.69 Å². The summed E-state index contributed by atoms with van der Waals surface area (Å²) in [6.45, 7) is 6.89. The number of nitrogens with one attached hydrogen (secondary N) is 1. The van der Waals surface area contributed by atoms with Gasteiger partial charge >= 0.3 is 0 Å². The summed E-state index contributed by atoms with van der Waals surface area (Å²) in [5, 5.41) is 14.8. The largest absolute Gasteiger partial charge is 0.352 e. The van der Waals surface area contributed by atoms with E-state index in [0.29, 0.717) is 0 Å². The summed E-state index contributed by atoms with van der Waals surface area (Å²) in [6, 6.07) is 6.58. The van der Waals surface area contributed by atoms with Gasteiger partial charge in [0.2, 0.25) is 11.8 Å². The van der Waals surface area contributed by atoms with Crippen molar-refractivity contribution in [2.75, 3.05) is 13.6 Å². The van der Waals surface area contributed by atoms with Crippen molar-refractivity contribution >= 4 is 17.5 Å². The fourth-order valence-electron chi connectivity index (χ4n) is 8.49. The second kappa shape index (κ2) is 10.0. The highest BCUT2D eigenvalue weighted by atomic mass is 16.6. The zero-order valence-electron chi connectivity index (χ0n) is 22.7. The number of non-ortho nitro benzene ring substituents is 1.